The highest BCUT2D eigenvalue weighted by Gasteiger charge is 2.04. The molecule has 120 valence electrons. The van der Waals surface area contributed by atoms with Crippen molar-refractivity contribution < 1.29 is 4.79 Å². The van der Waals surface area contributed by atoms with Crippen molar-refractivity contribution in [1.29, 1.82) is 0 Å². The third-order valence-corrected chi connectivity index (χ3v) is 3.63. The average Bonchev–Trinajstić information content (AvgIpc) is 2.82. The fraction of sp³-hybridized carbons (Fsp3) is 0.615. The molecule has 1 aromatic rings. The average molecular weight is 425 g/mol. The second-order valence-electron chi connectivity index (χ2n) is 4.58. The summed E-state index contributed by atoms with van der Waals surface area (Å²) >= 11 is 1.71. The molecule has 0 aromatic carbocycles. The van der Waals surface area contributed by atoms with E-state index in [0.29, 0.717) is 18.9 Å². The maximum Gasteiger partial charge on any atom is 0.223 e. The first-order valence-electron chi connectivity index (χ1n) is 6.59. The molecular weight excluding hydrogens is 401 g/mol. The lowest BCUT2D eigenvalue weighted by Gasteiger charge is -2.13. The second kappa shape index (κ2) is 10.8. The number of hydrogen-bond donors (Lipinski definition) is 2. The van der Waals surface area contributed by atoms with Gasteiger partial charge in [-0.25, -0.2) is 4.98 Å². The molecule has 1 amide bonds. The molecule has 0 radical (unpaired) electrons. The minimum Gasteiger partial charge on any atom is -0.356 e. The summed E-state index contributed by atoms with van der Waals surface area (Å²) < 4.78 is 0. The van der Waals surface area contributed by atoms with Gasteiger partial charge < -0.3 is 15.5 Å². The van der Waals surface area contributed by atoms with E-state index in [4.69, 9.17) is 0 Å². The van der Waals surface area contributed by atoms with Crippen LogP contribution in [-0.2, 0) is 11.2 Å². The van der Waals surface area contributed by atoms with E-state index in [9.17, 15) is 4.79 Å². The number of rotatable bonds is 6. The molecule has 0 spiro atoms. The first kappa shape index (κ1) is 20.1. The van der Waals surface area contributed by atoms with Crippen molar-refractivity contribution in [3.05, 3.63) is 16.1 Å². The molecule has 1 rings (SSSR count). The summed E-state index contributed by atoms with van der Waals surface area (Å²) in [5, 5.41) is 7.45. The number of carbonyl (C=O) groups excluding carboxylic acids is 1. The number of carbonyl (C=O) groups is 1. The number of thiazole rings is 1. The van der Waals surface area contributed by atoms with E-state index < -0.39 is 0 Å². The van der Waals surface area contributed by atoms with Crippen LogP contribution >= 0.6 is 35.3 Å². The summed E-state index contributed by atoms with van der Waals surface area (Å²) in [7, 11) is 5.23. The predicted octanol–water partition coefficient (Wildman–Crippen LogP) is 1.26. The van der Waals surface area contributed by atoms with E-state index in [2.05, 4.69) is 27.5 Å². The normalized spacial score (nSPS) is 10.8. The molecule has 6 nitrogen and oxygen atoms in total. The molecule has 0 saturated heterocycles. The SMILES string of the molecule is CN=C(NCCC(=O)N(C)C)NCCc1ncc(C)s1.I. The molecule has 0 bridgehead atoms. The fourth-order valence-corrected chi connectivity index (χ4v) is 2.32. The van der Waals surface area contributed by atoms with Crippen molar-refractivity contribution >= 4 is 47.2 Å². The Bertz CT molecular complexity index is 461. The van der Waals surface area contributed by atoms with Crippen LogP contribution in [0.3, 0.4) is 0 Å². The Kier molecular flexibility index (Phi) is 10.3. The van der Waals surface area contributed by atoms with Gasteiger partial charge in [0.1, 0.15) is 0 Å². The van der Waals surface area contributed by atoms with Gasteiger partial charge in [0, 0.05) is 58.1 Å². The third kappa shape index (κ3) is 8.20. The van der Waals surface area contributed by atoms with Crippen molar-refractivity contribution in [2.75, 3.05) is 34.2 Å². The third-order valence-electron chi connectivity index (χ3n) is 2.65. The lowest BCUT2D eigenvalue weighted by Crippen LogP contribution is -2.40. The van der Waals surface area contributed by atoms with Crippen LogP contribution in [0.5, 0.6) is 0 Å². The number of hydrogen-bond acceptors (Lipinski definition) is 4. The van der Waals surface area contributed by atoms with Gasteiger partial charge in [0.2, 0.25) is 5.91 Å². The Morgan fingerprint density at radius 2 is 2.05 bits per heavy atom. The van der Waals surface area contributed by atoms with E-state index >= 15 is 0 Å². The number of nitrogens with one attached hydrogen (secondary N) is 2. The monoisotopic (exact) mass is 425 g/mol. The van der Waals surface area contributed by atoms with Crippen LogP contribution in [0.25, 0.3) is 0 Å². The summed E-state index contributed by atoms with van der Waals surface area (Å²) in [6, 6.07) is 0. The van der Waals surface area contributed by atoms with Gasteiger partial charge in [-0.1, -0.05) is 0 Å². The van der Waals surface area contributed by atoms with Crippen LogP contribution < -0.4 is 10.6 Å². The molecule has 0 atom stereocenters. The number of amides is 1. The van der Waals surface area contributed by atoms with E-state index in [1.54, 1.807) is 37.4 Å². The van der Waals surface area contributed by atoms with E-state index in [1.165, 1.54) is 4.88 Å². The molecule has 0 aliphatic carbocycles. The number of aliphatic imine (C=N–C) groups is 1. The minimum absolute atomic E-state index is 0. The van der Waals surface area contributed by atoms with Crippen molar-refractivity contribution in [3.63, 3.8) is 0 Å². The molecule has 8 heteroatoms. The molecule has 2 N–H and O–H groups in total. The molecule has 0 unspecified atom stereocenters. The highest BCUT2D eigenvalue weighted by atomic mass is 127. The Balaban J connectivity index is 0.00000400. The van der Waals surface area contributed by atoms with Crippen LogP contribution in [0.15, 0.2) is 11.2 Å². The minimum atomic E-state index is 0. The quantitative estimate of drug-likeness (QED) is 0.409. The lowest BCUT2D eigenvalue weighted by molar-refractivity contribution is -0.128. The summed E-state index contributed by atoms with van der Waals surface area (Å²) in [6.45, 7) is 3.40. The smallest absolute Gasteiger partial charge is 0.223 e. The van der Waals surface area contributed by atoms with Crippen LogP contribution in [-0.4, -0.2) is 56.0 Å². The molecule has 0 fully saturated rings. The van der Waals surface area contributed by atoms with Crippen LogP contribution in [0.2, 0.25) is 0 Å². The Morgan fingerprint density at radius 3 is 2.57 bits per heavy atom. The zero-order valence-electron chi connectivity index (χ0n) is 13.0. The van der Waals surface area contributed by atoms with Crippen molar-refractivity contribution in [1.82, 2.24) is 20.5 Å². The van der Waals surface area contributed by atoms with Crippen LogP contribution in [0.1, 0.15) is 16.3 Å². The zero-order valence-corrected chi connectivity index (χ0v) is 16.1. The summed E-state index contributed by atoms with van der Waals surface area (Å²) in [6.07, 6.45) is 3.22. The van der Waals surface area contributed by atoms with Gasteiger partial charge in [-0.05, 0) is 6.92 Å². The number of aryl methyl sites for hydroxylation is 1. The number of guanidine groups is 1. The summed E-state index contributed by atoms with van der Waals surface area (Å²) in [5.74, 6) is 0.816. The maximum absolute atomic E-state index is 11.4. The Labute approximate surface area is 147 Å². The van der Waals surface area contributed by atoms with Crippen LogP contribution in [0.4, 0.5) is 0 Å². The standard InChI is InChI=1S/C13H23N5OS.HI/c1-10-9-17-11(20-10)5-7-15-13(14-2)16-8-6-12(19)18(3)4;/h9H,5-8H2,1-4H3,(H2,14,15,16);1H. The predicted molar refractivity (Wildman–Crippen MR) is 98.6 cm³/mol. The van der Waals surface area contributed by atoms with E-state index in [1.807, 2.05) is 6.20 Å². The number of halogens is 1. The zero-order chi connectivity index (χ0) is 15.0. The van der Waals surface area contributed by atoms with E-state index in [-0.39, 0.29) is 29.9 Å². The molecule has 0 saturated carbocycles. The van der Waals surface area contributed by atoms with Gasteiger partial charge in [0.05, 0.1) is 5.01 Å². The summed E-state index contributed by atoms with van der Waals surface area (Å²) in [4.78, 5) is 22.7. The molecule has 21 heavy (non-hydrogen) atoms. The topological polar surface area (TPSA) is 69.6 Å². The summed E-state index contributed by atoms with van der Waals surface area (Å²) in [5.41, 5.74) is 0. The largest absolute Gasteiger partial charge is 0.356 e. The van der Waals surface area contributed by atoms with E-state index in [0.717, 1.165) is 18.0 Å². The number of aromatic nitrogens is 1. The van der Waals surface area contributed by atoms with Crippen molar-refractivity contribution in [3.8, 4) is 0 Å². The van der Waals surface area contributed by atoms with Gasteiger partial charge in [-0.2, -0.15) is 0 Å². The van der Waals surface area contributed by atoms with Gasteiger partial charge in [-0.3, -0.25) is 9.79 Å². The lowest BCUT2D eigenvalue weighted by atomic mass is 10.4. The molecule has 0 aliphatic rings. The molecule has 0 aliphatic heterocycles. The van der Waals surface area contributed by atoms with Crippen molar-refractivity contribution in [2.45, 2.75) is 19.8 Å². The van der Waals surface area contributed by atoms with Gasteiger partial charge >= 0.3 is 0 Å². The molecule has 1 aromatic heterocycles. The van der Waals surface area contributed by atoms with Crippen LogP contribution in [0, 0.1) is 6.92 Å². The fourth-order valence-electron chi connectivity index (χ4n) is 1.54. The first-order valence-corrected chi connectivity index (χ1v) is 7.40. The first-order chi connectivity index (χ1) is 9.52. The molecule has 1 heterocycles. The highest BCUT2D eigenvalue weighted by molar-refractivity contribution is 14.0. The second-order valence-corrected chi connectivity index (χ2v) is 5.90. The van der Waals surface area contributed by atoms with Gasteiger partial charge in [0.15, 0.2) is 5.96 Å². The Morgan fingerprint density at radius 1 is 1.38 bits per heavy atom. The maximum atomic E-state index is 11.4. The highest BCUT2D eigenvalue weighted by Crippen LogP contribution is 2.10. The Hall–Kier alpha value is -0.900. The van der Waals surface area contributed by atoms with Gasteiger partial charge in [0.25, 0.3) is 0 Å². The van der Waals surface area contributed by atoms with Crippen molar-refractivity contribution in [2.24, 2.45) is 4.99 Å². The van der Waals surface area contributed by atoms with Gasteiger partial charge in [-0.15, -0.1) is 35.3 Å². The number of nitrogens with zero attached hydrogens (tertiary/aromatic N) is 3. The molecular formula is C13H24IN5OS.